The van der Waals surface area contributed by atoms with Gasteiger partial charge in [0.15, 0.2) is 0 Å². The van der Waals surface area contributed by atoms with E-state index in [1.165, 1.54) is 5.56 Å². The molecule has 1 heterocycles. The molecule has 0 aliphatic rings. The standard InChI is InChI=1S/C17H21BrN2O/c1-3-15-17(18)16(20(2)19-15)12-14(21)11-7-10-13-8-5-4-6-9-13/h4-6,8-9H,3,7,10-12H2,1-2H3. The molecule has 0 amide bonds. The number of halogens is 1. The quantitative estimate of drug-likeness (QED) is 0.760. The van der Waals surface area contributed by atoms with Gasteiger partial charge in [0.25, 0.3) is 0 Å². The number of aromatic nitrogens is 2. The van der Waals surface area contributed by atoms with E-state index in [0.717, 1.165) is 35.1 Å². The van der Waals surface area contributed by atoms with Crippen molar-refractivity contribution in [1.82, 2.24) is 9.78 Å². The molecular weight excluding hydrogens is 328 g/mol. The van der Waals surface area contributed by atoms with Crippen LogP contribution >= 0.6 is 15.9 Å². The zero-order chi connectivity index (χ0) is 15.2. The Hall–Kier alpha value is -1.42. The summed E-state index contributed by atoms with van der Waals surface area (Å²) >= 11 is 3.56. The van der Waals surface area contributed by atoms with Crippen LogP contribution in [-0.2, 0) is 31.1 Å². The molecule has 0 saturated heterocycles. The predicted octanol–water partition coefficient (Wildman–Crippen LogP) is 3.88. The summed E-state index contributed by atoms with van der Waals surface area (Å²) in [7, 11) is 1.90. The van der Waals surface area contributed by atoms with Gasteiger partial charge in [0, 0.05) is 19.9 Å². The second-order valence-electron chi connectivity index (χ2n) is 5.24. The zero-order valence-electron chi connectivity index (χ0n) is 12.6. The monoisotopic (exact) mass is 348 g/mol. The van der Waals surface area contributed by atoms with Crippen LogP contribution in [0.2, 0.25) is 0 Å². The SMILES string of the molecule is CCc1nn(C)c(CC(=O)CCCc2ccccc2)c1Br. The van der Waals surface area contributed by atoms with Crippen molar-refractivity contribution >= 4 is 21.7 Å². The van der Waals surface area contributed by atoms with Gasteiger partial charge in [0.2, 0.25) is 0 Å². The summed E-state index contributed by atoms with van der Waals surface area (Å²) in [5, 5.41) is 4.43. The second kappa shape index (κ2) is 7.55. The average molecular weight is 349 g/mol. The predicted molar refractivity (Wildman–Crippen MR) is 88.4 cm³/mol. The van der Waals surface area contributed by atoms with Crippen LogP contribution in [0.1, 0.15) is 36.7 Å². The first-order chi connectivity index (χ1) is 10.1. The molecule has 2 rings (SSSR count). The lowest BCUT2D eigenvalue weighted by Crippen LogP contribution is -2.08. The molecule has 0 radical (unpaired) electrons. The number of ketones is 1. The first kappa shape index (κ1) is 16.0. The van der Waals surface area contributed by atoms with Crippen LogP contribution in [0.5, 0.6) is 0 Å². The van der Waals surface area contributed by atoms with Crippen molar-refractivity contribution in [1.29, 1.82) is 0 Å². The van der Waals surface area contributed by atoms with Crippen LogP contribution in [0.4, 0.5) is 0 Å². The summed E-state index contributed by atoms with van der Waals surface area (Å²) in [5.74, 6) is 0.275. The molecule has 0 aliphatic carbocycles. The zero-order valence-corrected chi connectivity index (χ0v) is 14.2. The molecular formula is C17H21BrN2O. The Morgan fingerprint density at radius 2 is 2.00 bits per heavy atom. The number of carbonyl (C=O) groups excluding carboxylic acids is 1. The van der Waals surface area contributed by atoms with Crippen LogP contribution in [-0.4, -0.2) is 15.6 Å². The Kier molecular flexibility index (Phi) is 5.74. The van der Waals surface area contributed by atoms with E-state index in [1.54, 1.807) is 0 Å². The number of carbonyl (C=O) groups is 1. The smallest absolute Gasteiger partial charge is 0.138 e. The van der Waals surface area contributed by atoms with Crippen LogP contribution < -0.4 is 0 Å². The third kappa shape index (κ3) is 4.27. The Morgan fingerprint density at radius 1 is 1.29 bits per heavy atom. The van der Waals surface area contributed by atoms with Crippen molar-refractivity contribution in [3.05, 3.63) is 51.8 Å². The molecule has 0 aliphatic heterocycles. The highest BCUT2D eigenvalue weighted by Gasteiger charge is 2.15. The van der Waals surface area contributed by atoms with Gasteiger partial charge >= 0.3 is 0 Å². The maximum atomic E-state index is 12.1. The van der Waals surface area contributed by atoms with Crippen molar-refractivity contribution < 1.29 is 4.79 Å². The van der Waals surface area contributed by atoms with Gasteiger partial charge in [-0.25, -0.2) is 0 Å². The molecule has 0 fully saturated rings. The first-order valence-electron chi connectivity index (χ1n) is 7.37. The third-order valence-electron chi connectivity index (χ3n) is 3.63. The number of Topliss-reactive ketones (excluding diaryl/α,β-unsaturated/α-hetero) is 1. The fourth-order valence-corrected chi connectivity index (χ4v) is 3.18. The number of hydrogen-bond acceptors (Lipinski definition) is 2. The number of rotatable bonds is 7. The number of aryl methyl sites for hydroxylation is 3. The fourth-order valence-electron chi connectivity index (χ4n) is 2.42. The Bertz CT molecular complexity index is 605. The van der Waals surface area contributed by atoms with Crippen molar-refractivity contribution in [2.45, 2.75) is 39.0 Å². The molecule has 0 spiro atoms. The van der Waals surface area contributed by atoms with Gasteiger partial charge in [-0.2, -0.15) is 5.10 Å². The third-order valence-corrected chi connectivity index (χ3v) is 4.55. The van der Waals surface area contributed by atoms with E-state index in [-0.39, 0.29) is 5.78 Å². The molecule has 0 saturated carbocycles. The van der Waals surface area contributed by atoms with Gasteiger partial charge < -0.3 is 0 Å². The summed E-state index contributed by atoms with van der Waals surface area (Å²) < 4.78 is 2.81. The Balaban J connectivity index is 1.86. The molecule has 0 unspecified atom stereocenters. The summed E-state index contributed by atoms with van der Waals surface area (Å²) in [5.41, 5.74) is 3.29. The molecule has 21 heavy (non-hydrogen) atoms. The van der Waals surface area contributed by atoms with Crippen LogP contribution in [0.15, 0.2) is 34.8 Å². The second-order valence-corrected chi connectivity index (χ2v) is 6.03. The minimum absolute atomic E-state index is 0.275. The highest BCUT2D eigenvalue weighted by molar-refractivity contribution is 9.10. The number of hydrogen-bond donors (Lipinski definition) is 0. The fraction of sp³-hybridized carbons (Fsp3) is 0.412. The molecule has 3 nitrogen and oxygen atoms in total. The summed E-state index contributed by atoms with van der Waals surface area (Å²) in [4.78, 5) is 12.1. The van der Waals surface area contributed by atoms with E-state index in [9.17, 15) is 4.79 Å². The summed E-state index contributed by atoms with van der Waals surface area (Å²) in [6, 6.07) is 10.3. The largest absolute Gasteiger partial charge is 0.299 e. The van der Waals surface area contributed by atoms with Gasteiger partial charge in [0.05, 0.1) is 15.9 Å². The van der Waals surface area contributed by atoms with E-state index < -0.39 is 0 Å². The normalized spacial score (nSPS) is 10.8. The van der Waals surface area contributed by atoms with Crippen molar-refractivity contribution in [3.63, 3.8) is 0 Å². The maximum Gasteiger partial charge on any atom is 0.138 e. The number of nitrogens with zero attached hydrogens (tertiary/aromatic N) is 2. The first-order valence-corrected chi connectivity index (χ1v) is 8.17. The average Bonchev–Trinajstić information content (AvgIpc) is 2.76. The molecule has 0 N–H and O–H groups in total. The Labute approximate surface area is 134 Å². The molecule has 0 atom stereocenters. The molecule has 4 heteroatoms. The lowest BCUT2D eigenvalue weighted by Gasteiger charge is -2.03. The summed E-state index contributed by atoms with van der Waals surface area (Å²) in [6.07, 6.45) is 3.81. The minimum atomic E-state index is 0.275. The van der Waals surface area contributed by atoms with Gasteiger partial charge in [-0.05, 0) is 40.8 Å². The molecule has 1 aromatic carbocycles. The lowest BCUT2D eigenvalue weighted by molar-refractivity contribution is -0.118. The van der Waals surface area contributed by atoms with Crippen molar-refractivity contribution in [2.75, 3.05) is 0 Å². The number of benzene rings is 1. The highest BCUT2D eigenvalue weighted by atomic mass is 79.9. The molecule has 1 aromatic heterocycles. The Morgan fingerprint density at radius 3 is 2.62 bits per heavy atom. The molecule has 2 aromatic rings. The van der Waals surface area contributed by atoms with E-state index in [0.29, 0.717) is 12.8 Å². The van der Waals surface area contributed by atoms with Crippen molar-refractivity contribution in [2.24, 2.45) is 7.05 Å². The lowest BCUT2D eigenvalue weighted by atomic mass is 10.0. The summed E-state index contributed by atoms with van der Waals surface area (Å²) in [6.45, 7) is 2.07. The van der Waals surface area contributed by atoms with Gasteiger partial charge in [-0.15, -0.1) is 0 Å². The minimum Gasteiger partial charge on any atom is -0.299 e. The van der Waals surface area contributed by atoms with E-state index in [2.05, 4.69) is 40.1 Å². The van der Waals surface area contributed by atoms with E-state index in [1.807, 2.05) is 29.9 Å². The van der Waals surface area contributed by atoms with E-state index >= 15 is 0 Å². The van der Waals surface area contributed by atoms with Gasteiger partial charge in [-0.1, -0.05) is 37.3 Å². The van der Waals surface area contributed by atoms with E-state index in [4.69, 9.17) is 0 Å². The highest BCUT2D eigenvalue weighted by Crippen LogP contribution is 2.22. The van der Waals surface area contributed by atoms with Crippen LogP contribution in [0, 0.1) is 0 Å². The van der Waals surface area contributed by atoms with Gasteiger partial charge in [0.1, 0.15) is 5.78 Å². The maximum absolute atomic E-state index is 12.1. The van der Waals surface area contributed by atoms with Gasteiger partial charge in [-0.3, -0.25) is 9.48 Å². The topological polar surface area (TPSA) is 34.9 Å². The van der Waals surface area contributed by atoms with Crippen LogP contribution in [0.25, 0.3) is 0 Å². The molecule has 112 valence electrons. The van der Waals surface area contributed by atoms with Crippen molar-refractivity contribution in [3.8, 4) is 0 Å². The van der Waals surface area contributed by atoms with Crippen LogP contribution in [0.3, 0.4) is 0 Å². The molecule has 0 bridgehead atoms.